The van der Waals surface area contributed by atoms with Crippen LogP contribution in [0.3, 0.4) is 0 Å². The Morgan fingerprint density at radius 1 is 1.17 bits per heavy atom. The Morgan fingerprint density at radius 3 is 3.08 bits per heavy atom. The van der Waals surface area contributed by atoms with Crippen molar-refractivity contribution in [2.24, 2.45) is 0 Å². The molecule has 0 aliphatic rings. The van der Waals surface area contributed by atoms with Crippen molar-refractivity contribution in [1.82, 2.24) is 10.1 Å². The third kappa shape index (κ3) is 0.580. The summed E-state index contributed by atoms with van der Waals surface area (Å²) in [5.41, 5.74) is 2.88. The van der Waals surface area contributed by atoms with E-state index in [1.54, 1.807) is 6.20 Å². The summed E-state index contributed by atoms with van der Waals surface area (Å²) in [6.07, 6.45) is 1.69. The molecule has 0 aliphatic carbocycles. The molecule has 0 atom stereocenters. The van der Waals surface area contributed by atoms with Crippen LogP contribution in [0.2, 0.25) is 0 Å². The number of rotatable bonds is 0. The third-order valence-electron chi connectivity index (χ3n) is 2.01. The van der Waals surface area contributed by atoms with Crippen LogP contribution in [-0.4, -0.2) is 10.1 Å². The van der Waals surface area contributed by atoms with E-state index >= 15 is 0 Å². The Balaban J connectivity index is 2.68. The monoisotopic (exact) mass is 158 g/mol. The van der Waals surface area contributed by atoms with E-state index in [0.717, 1.165) is 22.0 Å². The van der Waals surface area contributed by atoms with Crippen molar-refractivity contribution < 1.29 is 4.52 Å². The number of fused-ring (bicyclic) bond motifs is 3. The number of aromatic nitrogens is 2. The standard InChI is InChI=1S/C9H6N2O/c1-2-4-7-6(3-1)9-8(11-7)5-10-12-9/h1-5,11H. The van der Waals surface area contributed by atoms with Gasteiger partial charge in [0.05, 0.1) is 6.20 Å². The molecule has 0 bridgehead atoms. The van der Waals surface area contributed by atoms with Crippen LogP contribution in [0, 0.1) is 0 Å². The number of hydrogen-bond acceptors (Lipinski definition) is 2. The summed E-state index contributed by atoms with van der Waals surface area (Å²) in [7, 11) is 0. The van der Waals surface area contributed by atoms with Gasteiger partial charge in [-0.15, -0.1) is 0 Å². The highest BCUT2D eigenvalue weighted by Crippen LogP contribution is 2.23. The molecular formula is C9H6N2O. The van der Waals surface area contributed by atoms with Gasteiger partial charge in [-0.2, -0.15) is 0 Å². The Morgan fingerprint density at radius 2 is 2.08 bits per heavy atom. The highest BCUT2D eigenvalue weighted by atomic mass is 16.5. The maximum Gasteiger partial charge on any atom is 0.192 e. The van der Waals surface area contributed by atoms with Crippen molar-refractivity contribution in [2.75, 3.05) is 0 Å². The second-order valence-corrected chi connectivity index (χ2v) is 2.74. The summed E-state index contributed by atoms with van der Waals surface area (Å²) in [6.45, 7) is 0. The van der Waals surface area contributed by atoms with Gasteiger partial charge in [0.1, 0.15) is 5.52 Å². The first-order valence-electron chi connectivity index (χ1n) is 3.76. The fraction of sp³-hybridized carbons (Fsp3) is 0. The molecular weight excluding hydrogens is 152 g/mol. The van der Waals surface area contributed by atoms with Crippen molar-refractivity contribution in [3.63, 3.8) is 0 Å². The normalized spacial score (nSPS) is 11.3. The van der Waals surface area contributed by atoms with Gasteiger partial charge in [-0.3, -0.25) is 0 Å². The Hall–Kier alpha value is -1.77. The van der Waals surface area contributed by atoms with Crippen LogP contribution < -0.4 is 0 Å². The summed E-state index contributed by atoms with van der Waals surface area (Å²) < 4.78 is 5.09. The number of benzene rings is 1. The highest BCUT2D eigenvalue weighted by Gasteiger charge is 2.05. The molecule has 1 N–H and O–H groups in total. The smallest absolute Gasteiger partial charge is 0.192 e. The zero-order valence-electron chi connectivity index (χ0n) is 6.24. The largest absolute Gasteiger partial charge is 0.354 e. The minimum Gasteiger partial charge on any atom is -0.354 e. The third-order valence-corrected chi connectivity index (χ3v) is 2.01. The van der Waals surface area contributed by atoms with Gasteiger partial charge in [-0.05, 0) is 12.1 Å². The lowest BCUT2D eigenvalue weighted by Gasteiger charge is -1.84. The fourth-order valence-electron chi connectivity index (χ4n) is 1.46. The molecule has 0 saturated heterocycles. The van der Waals surface area contributed by atoms with E-state index in [4.69, 9.17) is 4.52 Å². The minimum atomic E-state index is 0.839. The van der Waals surface area contributed by atoms with Crippen molar-refractivity contribution >= 4 is 22.0 Å². The van der Waals surface area contributed by atoms with Gasteiger partial charge < -0.3 is 9.51 Å². The maximum absolute atomic E-state index is 5.09. The summed E-state index contributed by atoms with van der Waals surface area (Å²) in [4.78, 5) is 3.20. The first kappa shape index (κ1) is 5.83. The molecule has 2 aromatic heterocycles. The average molecular weight is 158 g/mol. The molecule has 3 rings (SSSR count). The quantitative estimate of drug-likeness (QED) is 0.545. The Kier molecular flexibility index (Phi) is 0.913. The summed E-state index contributed by atoms with van der Waals surface area (Å²) >= 11 is 0. The van der Waals surface area contributed by atoms with Crippen LogP contribution in [0.15, 0.2) is 35.0 Å². The van der Waals surface area contributed by atoms with Crippen LogP contribution in [0.25, 0.3) is 22.0 Å². The Labute approximate surface area is 68.0 Å². The van der Waals surface area contributed by atoms with E-state index in [1.165, 1.54) is 0 Å². The lowest BCUT2D eigenvalue weighted by molar-refractivity contribution is 0.459. The van der Waals surface area contributed by atoms with E-state index in [2.05, 4.69) is 10.1 Å². The van der Waals surface area contributed by atoms with Crippen LogP contribution in [0.4, 0.5) is 0 Å². The van der Waals surface area contributed by atoms with Gasteiger partial charge in [-0.25, -0.2) is 0 Å². The zero-order valence-corrected chi connectivity index (χ0v) is 6.24. The number of aromatic amines is 1. The molecule has 0 saturated carbocycles. The lowest BCUT2D eigenvalue weighted by atomic mass is 10.2. The van der Waals surface area contributed by atoms with E-state index in [0.29, 0.717) is 0 Å². The second kappa shape index (κ2) is 1.88. The van der Waals surface area contributed by atoms with E-state index in [1.807, 2.05) is 24.3 Å². The van der Waals surface area contributed by atoms with Gasteiger partial charge in [-0.1, -0.05) is 17.3 Å². The Bertz CT molecular complexity index is 534. The first-order valence-corrected chi connectivity index (χ1v) is 3.76. The van der Waals surface area contributed by atoms with Crippen LogP contribution in [0.1, 0.15) is 0 Å². The van der Waals surface area contributed by atoms with Crippen molar-refractivity contribution in [3.8, 4) is 0 Å². The predicted molar refractivity (Wildman–Crippen MR) is 45.9 cm³/mol. The van der Waals surface area contributed by atoms with Gasteiger partial charge in [0.25, 0.3) is 0 Å². The van der Waals surface area contributed by atoms with E-state index in [9.17, 15) is 0 Å². The summed E-state index contributed by atoms with van der Waals surface area (Å²) in [6, 6.07) is 8.01. The first-order chi connectivity index (χ1) is 5.95. The molecule has 0 radical (unpaired) electrons. The fourth-order valence-corrected chi connectivity index (χ4v) is 1.46. The van der Waals surface area contributed by atoms with E-state index in [-0.39, 0.29) is 0 Å². The maximum atomic E-state index is 5.09. The number of hydrogen-bond donors (Lipinski definition) is 1. The number of nitrogens with zero attached hydrogens (tertiary/aromatic N) is 1. The molecule has 2 heterocycles. The molecule has 3 nitrogen and oxygen atoms in total. The van der Waals surface area contributed by atoms with E-state index < -0.39 is 0 Å². The SMILES string of the molecule is c1ccc2c(c1)[nH]c1cnoc12. The van der Waals surface area contributed by atoms with Gasteiger partial charge >= 0.3 is 0 Å². The van der Waals surface area contributed by atoms with Gasteiger partial charge in [0.15, 0.2) is 5.58 Å². The predicted octanol–water partition coefficient (Wildman–Crippen LogP) is 2.31. The molecule has 0 fully saturated rings. The minimum absolute atomic E-state index is 0.839. The number of para-hydroxylation sites is 1. The van der Waals surface area contributed by atoms with Gasteiger partial charge in [0, 0.05) is 10.9 Å². The summed E-state index contributed by atoms with van der Waals surface area (Å²) in [5, 5.41) is 4.79. The van der Waals surface area contributed by atoms with Crippen LogP contribution in [-0.2, 0) is 0 Å². The van der Waals surface area contributed by atoms with Crippen molar-refractivity contribution in [2.45, 2.75) is 0 Å². The van der Waals surface area contributed by atoms with Crippen molar-refractivity contribution in [3.05, 3.63) is 30.5 Å². The molecule has 1 aromatic carbocycles. The highest BCUT2D eigenvalue weighted by molar-refractivity contribution is 6.03. The lowest BCUT2D eigenvalue weighted by Crippen LogP contribution is -1.64. The molecule has 58 valence electrons. The topological polar surface area (TPSA) is 41.8 Å². The average Bonchev–Trinajstić information content (AvgIpc) is 2.62. The number of nitrogens with one attached hydrogen (secondary N) is 1. The molecule has 0 aliphatic heterocycles. The van der Waals surface area contributed by atoms with Crippen molar-refractivity contribution in [1.29, 1.82) is 0 Å². The molecule has 12 heavy (non-hydrogen) atoms. The number of H-pyrrole nitrogens is 1. The molecule has 3 heteroatoms. The molecule has 0 amide bonds. The van der Waals surface area contributed by atoms with Gasteiger partial charge in [0.2, 0.25) is 0 Å². The molecule has 3 aromatic rings. The van der Waals surface area contributed by atoms with Crippen LogP contribution in [0.5, 0.6) is 0 Å². The zero-order chi connectivity index (χ0) is 7.97. The second-order valence-electron chi connectivity index (χ2n) is 2.74. The van der Waals surface area contributed by atoms with Crippen LogP contribution >= 0.6 is 0 Å². The molecule has 0 spiro atoms. The molecule has 0 unspecified atom stereocenters. The summed E-state index contributed by atoms with van der Waals surface area (Å²) in [5.74, 6) is 0.